The Kier molecular flexibility index (Phi) is 2.56. The van der Waals surface area contributed by atoms with Crippen LogP contribution in [0.1, 0.15) is 11.3 Å². The van der Waals surface area contributed by atoms with Gasteiger partial charge in [0.25, 0.3) is 6.01 Å². The zero-order valence-corrected chi connectivity index (χ0v) is 9.57. The number of hydrogen-bond donors (Lipinski definition) is 1. The van der Waals surface area contributed by atoms with Crippen LogP contribution in [0.2, 0.25) is 0 Å². The van der Waals surface area contributed by atoms with Crippen molar-refractivity contribution in [3.05, 3.63) is 29.5 Å². The summed E-state index contributed by atoms with van der Waals surface area (Å²) in [6.45, 7) is 3.85. The predicted octanol–water partition coefficient (Wildman–Crippen LogP) is 2.55. The molecule has 0 saturated heterocycles. The number of ether oxygens (including phenoxy) is 1. The number of methoxy groups -OCH3 is 1. The molecule has 0 aliphatic carbocycles. The molecule has 0 atom stereocenters. The number of nitrogens with zero attached hydrogens (tertiary/aromatic N) is 1. The van der Waals surface area contributed by atoms with Gasteiger partial charge in [-0.25, -0.2) is 0 Å². The van der Waals surface area contributed by atoms with Gasteiger partial charge in [0, 0.05) is 5.56 Å². The summed E-state index contributed by atoms with van der Waals surface area (Å²) in [6.07, 6.45) is 0. The Morgan fingerprint density at radius 2 is 2.06 bits per heavy atom. The van der Waals surface area contributed by atoms with Crippen molar-refractivity contribution in [3.63, 3.8) is 0 Å². The fraction of sp³-hybridized carbons (Fsp3) is 0.250. The van der Waals surface area contributed by atoms with Crippen LogP contribution in [0.3, 0.4) is 0 Å². The molecule has 0 radical (unpaired) electrons. The van der Waals surface area contributed by atoms with Gasteiger partial charge in [0.2, 0.25) is 0 Å². The van der Waals surface area contributed by atoms with E-state index in [4.69, 9.17) is 14.9 Å². The van der Waals surface area contributed by atoms with Crippen molar-refractivity contribution in [2.24, 2.45) is 0 Å². The molecule has 0 amide bonds. The maximum Gasteiger partial charge on any atom is 0.292 e. The van der Waals surface area contributed by atoms with E-state index in [2.05, 4.69) is 4.98 Å². The Labute approximate surface area is 94.1 Å². The summed E-state index contributed by atoms with van der Waals surface area (Å²) in [6, 6.07) is 6.02. The molecular weight excluding hydrogens is 204 g/mol. The molecule has 1 heterocycles. The number of oxazole rings is 1. The van der Waals surface area contributed by atoms with Crippen molar-refractivity contribution in [1.82, 2.24) is 4.98 Å². The highest BCUT2D eigenvalue weighted by molar-refractivity contribution is 5.63. The minimum absolute atomic E-state index is 0.195. The van der Waals surface area contributed by atoms with Gasteiger partial charge in [0.05, 0.1) is 12.8 Å². The van der Waals surface area contributed by atoms with E-state index in [1.165, 1.54) is 0 Å². The SMILES string of the molecule is COc1ccc(-c2oc(N)nc2C)cc1C. The van der Waals surface area contributed by atoms with Gasteiger partial charge in [0.15, 0.2) is 5.76 Å². The number of aromatic nitrogens is 1. The topological polar surface area (TPSA) is 61.3 Å². The number of anilines is 1. The first-order chi connectivity index (χ1) is 7.61. The van der Waals surface area contributed by atoms with Crippen molar-refractivity contribution in [1.29, 1.82) is 0 Å². The molecular formula is C12H14N2O2. The average Bonchev–Trinajstić information content (AvgIpc) is 2.58. The molecule has 2 aromatic rings. The van der Waals surface area contributed by atoms with Crippen LogP contribution in [0.15, 0.2) is 22.6 Å². The zero-order chi connectivity index (χ0) is 11.7. The smallest absolute Gasteiger partial charge is 0.292 e. The lowest BCUT2D eigenvalue weighted by Crippen LogP contribution is -1.87. The average molecular weight is 218 g/mol. The number of nitrogens with two attached hydrogens (primary N) is 1. The van der Waals surface area contributed by atoms with Crippen LogP contribution >= 0.6 is 0 Å². The Bertz CT molecular complexity index is 518. The molecule has 2 rings (SSSR count). The molecule has 4 heteroatoms. The van der Waals surface area contributed by atoms with E-state index in [1.807, 2.05) is 32.0 Å². The molecule has 0 aliphatic rings. The second-order valence-electron chi connectivity index (χ2n) is 3.65. The molecule has 1 aromatic carbocycles. The van der Waals surface area contributed by atoms with Crippen molar-refractivity contribution >= 4 is 6.01 Å². The quantitative estimate of drug-likeness (QED) is 0.841. The first-order valence-electron chi connectivity index (χ1n) is 4.99. The third kappa shape index (κ3) is 1.74. The van der Waals surface area contributed by atoms with Crippen LogP contribution in [0.5, 0.6) is 5.75 Å². The summed E-state index contributed by atoms with van der Waals surface area (Å²) in [4.78, 5) is 4.04. The number of aryl methyl sites for hydroxylation is 2. The number of rotatable bonds is 2. The van der Waals surface area contributed by atoms with Crippen LogP contribution in [0, 0.1) is 13.8 Å². The predicted molar refractivity (Wildman–Crippen MR) is 62.4 cm³/mol. The Hall–Kier alpha value is -1.97. The first-order valence-corrected chi connectivity index (χ1v) is 4.99. The van der Waals surface area contributed by atoms with E-state index in [-0.39, 0.29) is 6.01 Å². The molecule has 4 nitrogen and oxygen atoms in total. The minimum atomic E-state index is 0.195. The summed E-state index contributed by atoms with van der Waals surface area (Å²) in [7, 11) is 1.65. The molecule has 0 bridgehead atoms. The lowest BCUT2D eigenvalue weighted by molar-refractivity contribution is 0.411. The maximum atomic E-state index is 5.51. The Morgan fingerprint density at radius 1 is 1.31 bits per heavy atom. The van der Waals surface area contributed by atoms with E-state index >= 15 is 0 Å². The molecule has 84 valence electrons. The van der Waals surface area contributed by atoms with Gasteiger partial charge < -0.3 is 14.9 Å². The third-order valence-electron chi connectivity index (χ3n) is 2.47. The van der Waals surface area contributed by atoms with Crippen LogP contribution in [0.4, 0.5) is 6.01 Å². The molecule has 0 aliphatic heterocycles. The van der Waals surface area contributed by atoms with Crippen molar-refractivity contribution < 1.29 is 9.15 Å². The summed E-state index contributed by atoms with van der Waals surface area (Å²) >= 11 is 0. The highest BCUT2D eigenvalue weighted by atomic mass is 16.5. The Morgan fingerprint density at radius 3 is 2.56 bits per heavy atom. The van der Waals surface area contributed by atoms with Gasteiger partial charge in [-0.1, -0.05) is 0 Å². The maximum absolute atomic E-state index is 5.51. The fourth-order valence-electron chi connectivity index (χ4n) is 1.70. The second kappa shape index (κ2) is 3.89. The van der Waals surface area contributed by atoms with E-state index in [0.29, 0.717) is 5.76 Å². The van der Waals surface area contributed by atoms with Crippen LogP contribution in [0.25, 0.3) is 11.3 Å². The molecule has 16 heavy (non-hydrogen) atoms. The summed E-state index contributed by atoms with van der Waals surface area (Å²) in [5.41, 5.74) is 8.31. The van der Waals surface area contributed by atoms with Gasteiger partial charge >= 0.3 is 0 Å². The Balaban J connectivity index is 2.49. The van der Waals surface area contributed by atoms with Crippen molar-refractivity contribution in [2.45, 2.75) is 13.8 Å². The normalized spacial score (nSPS) is 10.4. The number of benzene rings is 1. The lowest BCUT2D eigenvalue weighted by atomic mass is 10.1. The summed E-state index contributed by atoms with van der Waals surface area (Å²) < 4.78 is 10.6. The molecule has 0 spiro atoms. The molecule has 0 unspecified atom stereocenters. The highest BCUT2D eigenvalue weighted by Gasteiger charge is 2.11. The van der Waals surface area contributed by atoms with E-state index < -0.39 is 0 Å². The van der Waals surface area contributed by atoms with Gasteiger partial charge in [-0.05, 0) is 37.6 Å². The largest absolute Gasteiger partial charge is 0.496 e. The van der Waals surface area contributed by atoms with Crippen LogP contribution in [-0.4, -0.2) is 12.1 Å². The monoisotopic (exact) mass is 218 g/mol. The molecule has 2 N–H and O–H groups in total. The summed E-state index contributed by atoms with van der Waals surface area (Å²) in [5, 5.41) is 0. The molecule has 0 fully saturated rings. The molecule has 0 saturated carbocycles. The minimum Gasteiger partial charge on any atom is -0.496 e. The van der Waals surface area contributed by atoms with Crippen LogP contribution in [-0.2, 0) is 0 Å². The van der Waals surface area contributed by atoms with E-state index in [0.717, 1.165) is 22.6 Å². The first kappa shape index (κ1) is 10.5. The third-order valence-corrected chi connectivity index (χ3v) is 2.47. The van der Waals surface area contributed by atoms with Gasteiger partial charge in [0.1, 0.15) is 5.75 Å². The van der Waals surface area contributed by atoms with Gasteiger partial charge in [-0.3, -0.25) is 0 Å². The standard InChI is InChI=1S/C12H14N2O2/c1-7-6-9(4-5-10(7)15-3)11-8(2)14-12(13)16-11/h4-6H,1-3H3,(H2,13,14). The van der Waals surface area contributed by atoms with Gasteiger partial charge in [-0.15, -0.1) is 0 Å². The van der Waals surface area contributed by atoms with Gasteiger partial charge in [-0.2, -0.15) is 4.98 Å². The van der Waals surface area contributed by atoms with E-state index in [1.54, 1.807) is 7.11 Å². The lowest BCUT2D eigenvalue weighted by Gasteiger charge is -2.05. The fourth-order valence-corrected chi connectivity index (χ4v) is 1.70. The highest BCUT2D eigenvalue weighted by Crippen LogP contribution is 2.29. The van der Waals surface area contributed by atoms with Crippen molar-refractivity contribution in [2.75, 3.05) is 12.8 Å². The number of nitrogen functional groups attached to an aromatic ring is 1. The van der Waals surface area contributed by atoms with Crippen molar-refractivity contribution in [3.8, 4) is 17.1 Å². The second-order valence-corrected chi connectivity index (χ2v) is 3.65. The van der Waals surface area contributed by atoms with E-state index in [9.17, 15) is 0 Å². The summed E-state index contributed by atoms with van der Waals surface area (Å²) in [5.74, 6) is 1.57. The number of hydrogen-bond acceptors (Lipinski definition) is 4. The zero-order valence-electron chi connectivity index (χ0n) is 9.57. The molecule has 1 aromatic heterocycles. The van der Waals surface area contributed by atoms with Crippen LogP contribution < -0.4 is 10.5 Å².